The molecule has 22 heavy (non-hydrogen) atoms. The summed E-state index contributed by atoms with van der Waals surface area (Å²) in [5.74, 6) is 0. The van der Waals surface area contributed by atoms with E-state index in [-0.39, 0.29) is 13.2 Å². The Morgan fingerprint density at radius 2 is 1.64 bits per heavy atom. The Bertz CT molecular complexity index is 311. The molecule has 1 saturated heterocycles. The summed E-state index contributed by atoms with van der Waals surface area (Å²) in [6.45, 7) is 4.67. The predicted octanol–water partition coefficient (Wildman–Crippen LogP) is -0.143. The van der Waals surface area contributed by atoms with Crippen molar-refractivity contribution in [1.82, 2.24) is 4.90 Å². The first-order valence-electron chi connectivity index (χ1n) is 8.50. The van der Waals surface area contributed by atoms with Gasteiger partial charge in [-0.2, -0.15) is 0 Å². The minimum Gasteiger partial charge on any atom is -0.395 e. The molecule has 1 aliphatic rings. The number of nitrogens with zero attached hydrogens (tertiary/aromatic N) is 1. The molecular formula is C16H33NO5. The standard InChI is InChI=1S/C16H33NO5/c1-3-16(22,4-2)8-6-5-7-9-17-10-13(19)15(21)14(20)12(17)11-18/h12-15,18-22H,3-11H2,1-2H3/t12-,13+,14-,15-/m1/s1. The number of hydrogen-bond donors (Lipinski definition) is 5. The third-order valence-electron chi connectivity index (χ3n) is 5.12. The van der Waals surface area contributed by atoms with Crippen LogP contribution in [-0.2, 0) is 0 Å². The number of aliphatic hydroxyl groups excluding tert-OH is 4. The van der Waals surface area contributed by atoms with Crippen LogP contribution in [0.1, 0.15) is 52.4 Å². The average Bonchev–Trinajstić information content (AvgIpc) is 2.52. The van der Waals surface area contributed by atoms with E-state index in [1.165, 1.54) is 0 Å². The fourth-order valence-electron chi connectivity index (χ4n) is 3.18. The number of hydrogen-bond acceptors (Lipinski definition) is 6. The SMILES string of the molecule is CCC(O)(CC)CCCCCN1C[C@H](O)[C@@H](O)[C@H](O)[C@H]1CO. The lowest BCUT2D eigenvalue weighted by Gasteiger charge is -2.43. The van der Waals surface area contributed by atoms with E-state index in [4.69, 9.17) is 0 Å². The highest BCUT2D eigenvalue weighted by molar-refractivity contribution is 4.94. The maximum Gasteiger partial charge on any atom is 0.109 e. The lowest BCUT2D eigenvalue weighted by Crippen LogP contribution is -2.62. The number of unbranched alkanes of at least 4 members (excludes halogenated alkanes) is 2. The van der Waals surface area contributed by atoms with Gasteiger partial charge >= 0.3 is 0 Å². The second-order valence-corrected chi connectivity index (χ2v) is 6.54. The maximum atomic E-state index is 10.2. The number of likely N-dealkylation sites (tertiary alicyclic amines) is 1. The van der Waals surface area contributed by atoms with Gasteiger partial charge in [0.1, 0.15) is 12.2 Å². The van der Waals surface area contributed by atoms with Crippen molar-refractivity contribution in [3.8, 4) is 0 Å². The zero-order valence-corrected chi connectivity index (χ0v) is 13.9. The molecule has 6 nitrogen and oxygen atoms in total. The molecule has 4 atom stereocenters. The highest BCUT2D eigenvalue weighted by atomic mass is 16.4. The van der Waals surface area contributed by atoms with Crippen molar-refractivity contribution in [2.24, 2.45) is 0 Å². The molecule has 0 radical (unpaired) electrons. The summed E-state index contributed by atoms with van der Waals surface area (Å²) in [6, 6.07) is -0.526. The molecule has 0 unspecified atom stereocenters. The smallest absolute Gasteiger partial charge is 0.109 e. The van der Waals surface area contributed by atoms with Crippen molar-refractivity contribution in [3.63, 3.8) is 0 Å². The second kappa shape index (κ2) is 9.15. The van der Waals surface area contributed by atoms with Gasteiger partial charge in [0.25, 0.3) is 0 Å². The third kappa shape index (κ3) is 5.15. The van der Waals surface area contributed by atoms with E-state index in [1.54, 1.807) is 0 Å². The molecule has 0 bridgehead atoms. The van der Waals surface area contributed by atoms with Gasteiger partial charge in [0.05, 0.1) is 24.4 Å². The van der Waals surface area contributed by atoms with Gasteiger partial charge in [0.15, 0.2) is 0 Å². The molecule has 0 aromatic heterocycles. The van der Waals surface area contributed by atoms with Gasteiger partial charge in [-0.15, -0.1) is 0 Å². The van der Waals surface area contributed by atoms with Gasteiger partial charge in [-0.3, -0.25) is 4.90 Å². The Morgan fingerprint density at radius 1 is 1.00 bits per heavy atom. The Kier molecular flexibility index (Phi) is 8.24. The van der Waals surface area contributed by atoms with Gasteiger partial charge in [0, 0.05) is 6.54 Å². The number of piperidine rings is 1. The van der Waals surface area contributed by atoms with E-state index in [1.807, 2.05) is 18.7 Å². The van der Waals surface area contributed by atoms with E-state index in [0.717, 1.165) is 38.5 Å². The van der Waals surface area contributed by atoms with Crippen LogP contribution in [0.2, 0.25) is 0 Å². The fourth-order valence-corrected chi connectivity index (χ4v) is 3.18. The van der Waals surface area contributed by atoms with Crippen LogP contribution < -0.4 is 0 Å². The van der Waals surface area contributed by atoms with Crippen molar-refractivity contribution in [3.05, 3.63) is 0 Å². The Balaban J connectivity index is 2.34. The first kappa shape index (κ1) is 19.8. The average molecular weight is 319 g/mol. The molecule has 0 saturated carbocycles. The highest BCUT2D eigenvalue weighted by Crippen LogP contribution is 2.23. The Labute approximate surface area is 133 Å². The summed E-state index contributed by atoms with van der Waals surface area (Å²) in [5, 5.41) is 48.9. The van der Waals surface area contributed by atoms with Crippen LogP contribution in [0.25, 0.3) is 0 Å². The number of β-amino-alcohol motifs (C(OH)–C–C–N with tert-alkyl or cyclic N) is 1. The number of aliphatic hydroxyl groups is 5. The van der Waals surface area contributed by atoms with E-state index in [9.17, 15) is 25.5 Å². The molecular weight excluding hydrogens is 286 g/mol. The molecule has 5 N–H and O–H groups in total. The van der Waals surface area contributed by atoms with E-state index in [2.05, 4.69) is 0 Å². The van der Waals surface area contributed by atoms with Crippen LogP contribution in [0.5, 0.6) is 0 Å². The zero-order chi connectivity index (χ0) is 16.8. The topological polar surface area (TPSA) is 104 Å². The minimum absolute atomic E-state index is 0.240. The first-order chi connectivity index (χ1) is 10.4. The van der Waals surface area contributed by atoms with Gasteiger partial charge in [0.2, 0.25) is 0 Å². The molecule has 1 rings (SSSR count). The zero-order valence-electron chi connectivity index (χ0n) is 13.9. The molecule has 1 aliphatic heterocycles. The van der Waals surface area contributed by atoms with E-state index < -0.39 is 30.0 Å². The Morgan fingerprint density at radius 3 is 2.18 bits per heavy atom. The molecule has 0 amide bonds. The molecule has 0 spiro atoms. The van der Waals surface area contributed by atoms with Crippen molar-refractivity contribution in [2.45, 2.75) is 82.3 Å². The molecule has 6 heteroatoms. The Hall–Kier alpha value is -0.240. The van der Waals surface area contributed by atoms with Crippen LogP contribution in [0.15, 0.2) is 0 Å². The molecule has 1 fully saturated rings. The summed E-state index contributed by atoms with van der Waals surface area (Å²) in [7, 11) is 0. The normalized spacial score (nSPS) is 30.7. The van der Waals surface area contributed by atoms with Crippen molar-refractivity contribution >= 4 is 0 Å². The lowest BCUT2D eigenvalue weighted by molar-refractivity contribution is -0.145. The largest absolute Gasteiger partial charge is 0.395 e. The summed E-state index contributed by atoms with van der Waals surface area (Å²) >= 11 is 0. The van der Waals surface area contributed by atoms with Gasteiger partial charge in [-0.05, 0) is 32.2 Å². The van der Waals surface area contributed by atoms with Crippen LogP contribution in [-0.4, -0.2) is 80.1 Å². The van der Waals surface area contributed by atoms with Gasteiger partial charge in [-0.25, -0.2) is 0 Å². The van der Waals surface area contributed by atoms with Gasteiger partial charge in [-0.1, -0.05) is 26.7 Å². The summed E-state index contributed by atoms with van der Waals surface area (Å²) in [4.78, 5) is 1.84. The highest BCUT2D eigenvalue weighted by Gasteiger charge is 2.40. The van der Waals surface area contributed by atoms with Crippen molar-refractivity contribution in [1.29, 1.82) is 0 Å². The molecule has 132 valence electrons. The predicted molar refractivity (Wildman–Crippen MR) is 84.5 cm³/mol. The maximum absolute atomic E-state index is 10.2. The lowest BCUT2D eigenvalue weighted by atomic mass is 9.90. The quantitative estimate of drug-likeness (QED) is 0.379. The van der Waals surface area contributed by atoms with E-state index >= 15 is 0 Å². The molecule has 0 aromatic rings. The third-order valence-corrected chi connectivity index (χ3v) is 5.12. The molecule has 0 aliphatic carbocycles. The van der Waals surface area contributed by atoms with Crippen molar-refractivity contribution < 1.29 is 25.5 Å². The van der Waals surface area contributed by atoms with Crippen molar-refractivity contribution in [2.75, 3.05) is 19.7 Å². The summed E-state index contributed by atoms with van der Waals surface area (Å²) < 4.78 is 0. The molecule has 1 heterocycles. The first-order valence-corrected chi connectivity index (χ1v) is 8.50. The van der Waals surface area contributed by atoms with Crippen LogP contribution in [0.4, 0.5) is 0 Å². The fraction of sp³-hybridized carbons (Fsp3) is 1.00. The number of rotatable bonds is 9. The van der Waals surface area contributed by atoms with Gasteiger partial charge < -0.3 is 25.5 Å². The van der Waals surface area contributed by atoms with Crippen LogP contribution >= 0.6 is 0 Å². The second-order valence-electron chi connectivity index (χ2n) is 6.54. The summed E-state index contributed by atoms with van der Waals surface area (Å²) in [6.07, 6.45) is 1.76. The summed E-state index contributed by atoms with van der Waals surface area (Å²) in [5.41, 5.74) is -0.560. The monoisotopic (exact) mass is 319 g/mol. The van der Waals surface area contributed by atoms with Crippen LogP contribution in [0.3, 0.4) is 0 Å². The minimum atomic E-state index is -1.20. The molecule has 0 aromatic carbocycles. The van der Waals surface area contributed by atoms with E-state index in [0.29, 0.717) is 6.54 Å². The van der Waals surface area contributed by atoms with Crippen LogP contribution in [0, 0.1) is 0 Å².